The van der Waals surface area contributed by atoms with Crippen molar-refractivity contribution in [2.24, 2.45) is 0 Å². The number of nitro benzene ring substituents is 1. The lowest BCUT2D eigenvalue weighted by molar-refractivity contribution is -0.385. The molecule has 2 aromatic carbocycles. The van der Waals surface area contributed by atoms with E-state index in [9.17, 15) is 28.4 Å². The van der Waals surface area contributed by atoms with Gasteiger partial charge in [0.15, 0.2) is 0 Å². The van der Waals surface area contributed by atoms with Gasteiger partial charge in [0.25, 0.3) is 15.7 Å². The molecule has 140 valence electrons. The molecule has 11 heteroatoms. The van der Waals surface area contributed by atoms with Gasteiger partial charge in [0.1, 0.15) is 21.8 Å². The molecule has 1 heterocycles. The molecule has 27 heavy (non-hydrogen) atoms. The Hall–Kier alpha value is -3.11. The molecule has 0 saturated heterocycles. The van der Waals surface area contributed by atoms with Crippen molar-refractivity contribution in [3.05, 3.63) is 62.9 Å². The van der Waals surface area contributed by atoms with Crippen LogP contribution in [0.2, 0.25) is 5.02 Å². The van der Waals surface area contributed by atoms with Gasteiger partial charge >= 0.3 is 5.97 Å². The summed E-state index contributed by atoms with van der Waals surface area (Å²) in [7, 11) is -4.26. The van der Waals surface area contributed by atoms with Crippen LogP contribution >= 0.6 is 11.6 Å². The van der Waals surface area contributed by atoms with E-state index in [0.29, 0.717) is 0 Å². The molecule has 0 saturated carbocycles. The highest BCUT2D eigenvalue weighted by Crippen LogP contribution is 2.31. The van der Waals surface area contributed by atoms with Gasteiger partial charge in [-0.3, -0.25) is 14.8 Å². The number of furan rings is 1. The number of nitrogens with one attached hydrogen (secondary N) is 1. The number of halogens is 1. The fourth-order valence-electron chi connectivity index (χ4n) is 2.57. The molecule has 0 fully saturated rings. The van der Waals surface area contributed by atoms with E-state index in [-0.39, 0.29) is 33.0 Å². The number of aromatic carboxylic acids is 1. The molecule has 0 aliphatic carbocycles. The number of hydrogen-bond acceptors (Lipinski definition) is 6. The second-order valence-corrected chi connectivity index (χ2v) is 7.58. The first-order valence-electron chi connectivity index (χ1n) is 7.33. The van der Waals surface area contributed by atoms with Crippen LogP contribution in [0.4, 0.5) is 11.4 Å². The van der Waals surface area contributed by atoms with Gasteiger partial charge in [-0.15, -0.1) is 0 Å². The van der Waals surface area contributed by atoms with Crippen LogP contribution in [-0.2, 0) is 10.0 Å². The number of benzene rings is 2. The van der Waals surface area contributed by atoms with Crippen molar-refractivity contribution >= 4 is 49.9 Å². The smallest absolute Gasteiger partial charge is 0.339 e. The number of aryl methyl sites for hydroxylation is 1. The normalized spacial score (nSPS) is 11.5. The number of anilines is 1. The highest BCUT2D eigenvalue weighted by Gasteiger charge is 2.23. The van der Waals surface area contributed by atoms with Crippen LogP contribution < -0.4 is 4.72 Å². The average molecular weight is 411 g/mol. The molecule has 0 radical (unpaired) electrons. The second-order valence-electron chi connectivity index (χ2n) is 5.53. The molecule has 0 unspecified atom stereocenters. The standard InChI is InChI=1S/C16H11ClN2O7S/c1-8-15(16(20)21)11-6-9(2-5-13(11)26-8)18-27(24,25)14-7-10(19(22)23)3-4-12(14)17/h2-7,18H,1H3,(H,20,21). The van der Waals surface area contributed by atoms with Crippen molar-refractivity contribution in [1.29, 1.82) is 0 Å². The van der Waals surface area contributed by atoms with E-state index in [2.05, 4.69) is 4.72 Å². The zero-order valence-corrected chi connectivity index (χ0v) is 15.2. The summed E-state index contributed by atoms with van der Waals surface area (Å²) >= 11 is 5.88. The van der Waals surface area contributed by atoms with Gasteiger partial charge in [0.05, 0.1) is 9.95 Å². The predicted molar refractivity (Wildman–Crippen MR) is 96.8 cm³/mol. The maximum absolute atomic E-state index is 12.6. The number of carboxylic acids is 1. The summed E-state index contributed by atoms with van der Waals surface area (Å²) in [6, 6.07) is 7.13. The minimum absolute atomic E-state index is 0.0494. The molecule has 0 bridgehead atoms. The first kappa shape index (κ1) is 18.7. The fourth-order valence-corrected chi connectivity index (χ4v) is 4.14. The summed E-state index contributed by atoms with van der Waals surface area (Å²) in [6.45, 7) is 1.48. The van der Waals surface area contributed by atoms with E-state index >= 15 is 0 Å². The first-order valence-corrected chi connectivity index (χ1v) is 9.19. The molecule has 3 rings (SSSR count). The molecule has 0 amide bonds. The number of fused-ring (bicyclic) bond motifs is 1. The molecular formula is C16H11ClN2O7S. The zero-order chi connectivity index (χ0) is 19.9. The molecule has 2 N–H and O–H groups in total. The van der Waals surface area contributed by atoms with Crippen LogP contribution in [0, 0.1) is 17.0 Å². The highest BCUT2D eigenvalue weighted by atomic mass is 35.5. The van der Waals surface area contributed by atoms with Crippen LogP contribution in [0.1, 0.15) is 16.1 Å². The van der Waals surface area contributed by atoms with Crippen molar-refractivity contribution < 1.29 is 27.7 Å². The summed E-state index contributed by atoms with van der Waals surface area (Å²) < 4.78 is 32.8. The lowest BCUT2D eigenvalue weighted by Gasteiger charge is -2.09. The largest absolute Gasteiger partial charge is 0.478 e. The molecule has 0 spiro atoms. The minimum Gasteiger partial charge on any atom is -0.478 e. The van der Waals surface area contributed by atoms with Crippen molar-refractivity contribution in [1.82, 2.24) is 0 Å². The van der Waals surface area contributed by atoms with Crippen LogP contribution in [0.3, 0.4) is 0 Å². The summed E-state index contributed by atoms with van der Waals surface area (Å²) in [5, 5.41) is 20.2. The summed E-state index contributed by atoms with van der Waals surface area (Å²) in [5.41, 5.74) is -0.192. The van der Waals surface area contributed by atoms with Gasteiger partial charge in [-0.25, -0.2) is 13.2 Å². The summed E-state index contributed by atoms with van der Waals surface area (Å²) in [4.78, 5) is 21.0. The monoisotopic (exact) mass is 410 g/mol. The van der Waals surface area contributed by atoms with E-state index in [4.69, 9.17) is 16.0 Å². The van der Waals surface area contributed by atoms with Gasteiger partial charge in [-0.1, -0.05) is 11.6 Å². The SMILES string of the molecule is Cc1oc2ccc(NS(=O)(=O)c3cc([N+](=O)[O-])ccc3Cl)cc2c1C(=O)O. The molecular weight excluding hydrogens is 400 g/mol. The van der Waals surface area contributed by atoms with Crippen LogP contribution in [-0.4, -0.2) is 24.4 Å². The number of rotatable bonds is 5. The fraction of sp³-hybridized carbons (Fsp3) is 0.0625. The number of carboxylic acid groups (broad SMARTS) is 1. The number of hydrogen-bond donors (Lipinski definition) is 2. The van der Waals surface area contributed by atoms with E-state index in [0.717, 1.165) is 18.2 Å². The maximum Gasteiger partial charge on any atom is 0.339 e. The summed E-state index contributed by atoms with van der Waals surface area (Å²) in [6.07, 6.45) is 0. The van der Waals surface area contributed by atoms with Crippen molar-refractivity contribution in [2.75, 3.05) is 4.72 Å². The van der Waals surface area contributed by atoms with Gasteiger partial charge in [0, 0.05) is 23.2 Å². The molecule has 0 aliphatic heterocycles. The number of non-ortho nitro benzene ring substituents is 1. The third-order valence-corrected chi connectivity index (χ3v) is 5.61. The van der Waals surface area contributed by atoms with Crippen molar-refractivity contribution in [2.45, 2.75) is 11.8 Å². The molecule has 0 atom stereocenters. The highest BCUT2D eigenvalue weighted by molar-refractivity contribution is 7.92. The topological polar surface area (TPSA) is 140 Å². The van der Waals surface area contributed by atoms with Crippen LogP contribution in [0.15, 0.2) is 45.7 Å². The number of nitro groups is 1. The van der Waals surface area contributed by atoms with Crippen LogP contribution in [0.5, 0.6) is 0 Å². The quantitative estimate of drug-likeness (QED) is 0.481. The Morgan fingerprint density at radius 2 is 1.96 bits per heavy atom. The Balaban J connectivity index is 2.06. The number of nitrogens with zero attached hydrogens (tertiary/aromatic N) is 1. The Kier molecular flexibility index (Phi) is 4.54. The third kappa shape index (κ3) is 3.44. The average Bonchev–Trinajstić information content (AvgIpc) is 2.89. The second kappa shape index (κ2) is 6.56. The molecule has 0 aliphatic rings. The molecule has 3 aromatic rings. The van der Waals surface area contributed by atoms with Crippen molar-refractivity contribution in [3.63, 3.8) is 0 Å². The van der Waals surface area contributed by atoms with E-state index in [1.165, 1.54) is 25.1 Å². The van der Waals surface area contributed by atoms with Gasteiger partial charge in [-0.05, 0) is 31.2 Å². The van der Waals surface area contributed by atoms with E-state index < -0.39 is 31.5 Å². The van der Waals surface area contributed by atoms with E-state index in [1.807, 2.05) is 0 Å². The van der Waals surface area contributed by atoms with E-state index in [1.54, 1.807) is 0 Å². The van der Waals surface area contributed by atoms with Crippen LogP contribution in [0.25, 0.3) is 11.0 Å². The van der Waals surface area contributed by atoms with Crippen molar-refractivity contribution in [3.8, 4) is 0 Å². The Morgan fingerprint density at radius 3 is 2.59 bits per heavy atom. The molecule has 1 aromatic heterocycles. The number of carbonyl (C=O) groups is 1. The Morgan fingerprint density at radius 1 is 1.26 bits per heavy atom. The van der Waals surface area contributed by atoms with Gasteiger partial charge in [-0.2, -0.15) is 0 Å². The summed E-state index contributed by atoms with van der Waals surface area (Å²) in [5.74, 6) is -1.03. The third-order valence-electron chi connectivity index (χ3n) is 3.75. The predicted octanol–water partition coefficient (Wildman–Crippen LogP) is 3.80. The first-order chi connectivity index (χ1) is 12.6. The molecule has 9 nitrogen and oxygen atoms in total. The zero-order valence-electron chi connectivity index (χ0n) is 13.6. The lowest BCUT2D eigenvalue weighted by atomic mass is 10.1. The Bertz CT molecular complexity index is 1200. The van der Waals surface area contributed by atoms with Gasteiger partial charge in [0.2, 0.25) is 0 Å². The maximum atomic E-state index is 12.6. The van der Waals surface area contributed by atoms with Gasteiger partial charge < -0.3 is 9.52 Å². The Labute approximate surface area is 157 Å². The lowest BCUT2D eigenvalue weighted by Crippen LogP contribution is -2.13. The minimum atomic E-state index is -4.26. The number of sulfonamides is 1.